The second-order valence-electron chi connectivity index (χ2n) is 2.33. The van der Waals surface area contributed by atoms with Crippen LogP contribution in [0.25, 0.3) is 0 Å². The zero-order valence-corrected chi connectivity index (χ0v) is 9.53. The van der Waals surface area contributed by atoms with Crippen molar-refractivity contribution in [3.05, 3.63) is 28.8 Å². The molecule has 0 aliphatic heterocycles. The third-order valence-corrected chi connectivity index (χ3v) is 3.34. The molecule has 0 unspecified atom stereocenters. The predicted octanol–water partition coefficient (Wildman–Crippen LogP) is 2.48. The van der Waals surface area contributed by atoms with Crippen LogP contribution >= 0.6 is 27.5 Å². The van der Waals surface area contributed by atoms with Crippen molar-refractivity contribution in [1.29, 1.82) is 0 Å². The first-order valence-electron chi connectivity index (χ1n) is 3.27. The van der Waals surface area contributed by atoms with E-state index in [0.29, 0.717) is 10.6 Å². The third-order valence-electron chi connectivity index (χ3n) is 1.49. The molecule has 0 spiro atoms. The van der Waals surface area contributed by atoms with Crippen molar-refractivity contribution in [3.8, 4) is 0 Å². The van der Waals surface area contributed by atoms with E-state index in [1.807, 2.05) is 0 Å². The quantitative estimate of drug-likeness (QED) is 0.671. The first-order valence-corrected chi connectivity index (χ1v) is 6.21. The first-order chi connectivity index (χ1) is 5.96. The van der Waals surface area contributed by atoms with Crippen molar-refractivity contribution < 1.29 is 13.0 Å². The number of hydrogen-bond acceptors (Lipinski definition) is 2. The Labute approximate surface area is 89.6 Å². The van der Waals surface area contributed by atoms with E-state index in [0.717, 1.165) is 0 Å². The van der Waals surface area contributed by atoms with Gasteiger partial charge in [0.15, 0.2) is 0 Å². The lowest BCUT2D eigenvalue weighted by atomic mass is 10.2. The molecule has 0 bridgehead atoms. The summed E-state index contributed by atoms with van der Waals surface area (Å²) in [5.41, 5.74) is 0.367. The van der Waals surface area contributed by atoms with Crippen molar-refractivity contribution in [2.24, 2.45) is 0 Å². The van der Waals surface area contributed by atoms with E-state index in [2.05, 4.69) is 15.9 Å². The molecular weight excluding hydrogens is 279 g/mol. The molecule has 0 atom stereocenters. The van der Waals surface area contributed by atoms with Gasteiger partial charge in [0, 0.05) is 15.9 Å². The molecule has 0 saturated heterocycles. The van der Waals surface area contributed by atoms with Crippen LogP contribution in [0.5, 0.6) is 0 Å². The number of hydrogen-bond donors (Lipinski definition) is 1. The second-order valence-corrected chi connectivity index (χ2v) is 4.68. The molecule has 6 heteroatoms. The molecule has 0 radical (unpaired) electrons. The number of alkyl halides is 1. The van der Waals surface area contributed by atoms with Crippen molar-refractivity contribution in [3.63, 3.8) is 0 Å². The van der Waals surface area contributed by atoms with Crippen LogP contribution in [0.2, 0.25) is 5.02 Å². The number of halogens is 2. The fourth-order valence-corrected chi connectivity index (χ4v) is 2.90. The van der Waals surface area contributed by atoms with Crippen molar-refractivity contribution in [2.75, 3.05) is 0 Å². The number of rotatable bonds is 2. The van der Waals surface area contributed by atoms with E-state index in [1.165, 1.54) is 12.1 Å². The minimum Gasteiger partial charge on any atom is -0.282 e. The van der Waals surface area contributed by atoms with E-state index in [1.54, 1.807) is 6.07 Å². The van der Waals surface area contributed by atoms with Gasteiger partial charge in [0.05, 0.1) is 4.90 Å². The highest BCUT2D eigenvalue weighted by Crippen LogP contribution is 2.25. The second kappa shape index (κ2) is 3.96. The molecule has 13 heavy (non-hydrogen) atoms. The largest absolute Gasteiger partial charge is 0.294 e. The summed E-state index contributed by atoms with van der Waals surface area (Å²) in [4.78, 5) is -0.156. The Bertz CT molecular complexity index is 416. The lowest BCUT2D eigenvalue weighted by Crippen LogP contribution is -2.02. The van der Waals surface area contributed by atoms with Crippen molar-refractivity contribution in [1.82, 2.24) is 0 Å². The van der Waals surface area contributed by atoms with Crippen LogP contribution in [0.1, 0.15) is 5.56 Å². The van der Waals surface area contributed by atoms with Gasteiger partial charge in [0.25, 0.3) is 10.1 Å². The highest BCUT2D eigenvalue weighted by Gasteiger charge is 2.16. The van der Waals surface area contributed by atoms with Gasteiger partial charge >= 0.3 is 0 Å². The van der Waals surface area contributed by atoms with Gasteiger partial charge in [-0.25, -0.2) is 0 Å². The zero-order chi connectivity index (χ0) is 10.1. The average molecular weight is 286 g/mol. The summed E-state index contributed by atoms with van der Waals surface area (Å²) in [7, 11) is -4.18. The molecule has 3 nitrogen and oxygen atoms in total. The fraction of sp³-hybridized carbons (Fsp3) is 0.143. The Morgan fingerprint density at radius 1 is 1.46 bits per heavy atom. The Morgan fingerprint density at radius 2 is 2.08 bits per heavy atom. The van der Waals surface area contributed by atoms with Gasteiger partial charge in [-0.15, -0.1) is 0 Å². The van der Waals surface area contributed by atoms with E-state index in [9.17, 15) is 8.42 Å². The summed E-state index contributed by atoms with van der Waals surface area (Å²) < 4.78 is 30.5. The summed E-state index contributed by atoms with van der Waals surface area (Å²) in [6, 6.07) is 4.34. The smallest absolute Gasteiger partial charge is 0.282 e. The average Bonchev–Trinajstić information content (AvgIpc) is 2.02. The maximum Gasteiger partial charge on any atom is 0.294 e. The topological polar surface area (TPSA) is 54.4 Å². The van der Waals surface area contributed by atoms with Crippen LogP contribution in [-0.4, -0.2) is 13.0 Å². The lowest BCUT2D eigenvalue weighted by Gasteiger charge is -2.04. The molecule has 0 aliphatic carbocycles. The van der Waals surface area contributed by atoms with Gasteiger partial charge < -0.3 is 0 Å². The summed E-state index contributed by atoms with van der Waals surface area (Å²) in [6.07, 6.45) is 0. The fourth-order valence-electron chi connectivity index (χ4n) is 0.910. The Morgan fingerprint density at radius 3 is 2.46 bits per heavy atom. The summed E-state index contributed by atoms with van der Waals surface area (Å²) in [5.74, 6) is 0. The minimum absolute atomic E-state index is 0.156. The summed E-state index contributed by atoms with van der Waals surface area (Å²) in [6.45, 7) is 0. The molecule has 1 aromatic rings. The third kappa shape index (κ3) is 2.43. The van der Waals surface area contributed by atoms with Crippen molar-refractivity contribution in [2.45, 2.75) is 10.2 Å². The molecule has 1 rings (SSSR count). The van der Waals surface area contributed by atoms with Crippen LogP contribution in [0, 0.1) is 0 Å². The lowest BCUT2D eigenvalue weighted by molar-refractivity contribution is 0.482. The molecule has 0 saturated carbocycles. The highest BCUT2D eigenvalue weighted by molar-refractivity contribution is 9.08. The minimum atomic E-state index is -4.18. The Kier molecular flexibility index (Phi) is 3.34. The first kappa shape index (κ1) is 11.0. The standard InChI is InChI=1S/C7H6BrClO3S/c8-4-5-6(9)2-1-3-7(5)13(10,11)12/h1-3H,4H2,(H,10,11,12). The van der Waals surface area contributed by atoms with Crippen LogP contribution in [0.4, 0.5) is 0 Å². The molecule has 0 aromatic heterocycles. The van der Waals surface area contributed by atoms with Gasteiger partial charge in [-0.2, -0.15) is 8.42 Å². The molecule has 1 N–H and O–H groups in total. The maximum absolute atomic E-state index is 10.8. The summed E-state index contributed by atoms with van der Waals surface area (Å²) in [5, 5.41) is 0.592. The molecule has 0 amide bonds. The molecule has 0 aliphatic rings. The van der Waals surface area contributed by atoms with Gasteiger partial charge in [-0.1, -0.05) is 33.6 Å². The van der Waals surface area contributed by atoms with Gasteiger partial charge in [-0.05, 0) is 12.1 Å². The molecule has 1 aromatic carbocycles. The van der Waals surface area contributed by atoms with Gasteiger partial charge in [0.1, 0.15) is 0 Å². The van der Waals surface area contributed by atoms with E-state index >= 15 is 0 Å². The van der Waals surface area contributed by atoms with E-state index in [-0.39, 0.29) is 10.2 Å². The van der Waals surface area contributed by atoms with Gasteiger partial charge in [-0.3, -0.25) is 4.55 Å². The Hall–Kier alpha value is -0.100. The van der Waals surface area contributed by atoms with Gasteiger partial charge in [0.2, 0.25) is 0 Å². The molecule has 0 heterocycles. The number of benzene rings is 1. The monoisotopic (exact) mass is 284 g/mol. The zero-order valence-electron chi connectivity index (χ0n) is 6.37. The van der Waals surface area contributed by atoms with Crippen LogP contribution in [0.15, 0.2) is 23.1 Å². The normalized spacial score (nSPS) is 11.6. The Balaban J connectivity index is 3.47. The molecule has 0 fully saturated rings. The molecule has 72 valence electrons. The SMILES string of the molecule is O=S(=O)(O)c1cccc(Cl)c1CBr. The van der Waals surface area contributed by atoms with Crippen LogP contribution < -0.4 is 0 Å². The van der Waals surface area contributed by atoms with Crippen LogP contribution in [-0.2, 0) is 15.4 Å². The molecular formula is C7H6BrClO3S. The predicted molar refractivity (Wildman–Crippen MR) is 53.9 cm³/mol. The van der Waals surface area contributed by atoms with Crippen molar-refractivity contribution >= 4 is 37.6 Å². The maximum atomic E-state index is 10.8. The highest BCUT2D eigenvalue weighted by atomic mass is 79.9. The van der Waals surface area contributed by atoms with Crippen LogP contribution in [0.3, 0.4) is 0 Å². The van der Waals surface area contributed by atoms with E-state index in [4.69, 9.17) is 16.2 Å². The van der Waals surface area contributed by atoms with E-state index < -0.39 is 10.1 Å². The summed E-state index contributed by atoms with van der Waals surface area (Å²) >= 11 is 8.82.